The molecule has 0 unspecified atom stereocenters. The number of carbonyl (C=O) groups is 1. The van der Waals surface area contributed by atoms with Crippen LogP contribution in [0.4, 0.5) is 5.69 Å². The van der Waals surface area contributed by atoms with Crippen LogP contribution < -0.4 is 20.9 Å². The fraction of sp³-hybridized carbons (Fsp3) is 0.364. The molecule has 8 heteroatoms. The van der Waals surface area contributed by atoms with E-state index >= 15 is 0 Å². The normalized spacial score (nSPS) is 13.3. The number of ether oxygens (including phenoxy) is 1. The molecule has 0 spiro atoms. The number of aromatic nitrogens is 3. The van der Waals surface area contributed by atoms with Crippen molar-refractivity contribution in [2.75, 3.05) is 18.1 Å². The number of amides is 1. The van der Waals surface area contributed by atoms with Crippen molar-refractivity contribution in [3.63, 3.8) is 0 Å². The molecule has 0 fully saturated rings. The number of aryl methyl sites for hydroxylation is 2. The van der Waals surface area contributed by atoms with Gasteiger partial charge in [-0.25, -0.2) is 14.3 Å². The Morgan fingerprint density at radius 2 is 2.00 bits per heavy atom. The third-order valence-electron chi connectivity index (χ3n) is 5.35. The van der Waals surface area contributed by atoms with E-state index in [4.69, 9.17) is 4.74 Å². The summed E-state index contributed by atoms with van der Waals surface area (Å²) in [5.41, 5.74) is 1.03. The molecule has 3 heterocycles. The van der Waals surface area contributed by atoms with Gasteiger partial charge in [0, 0.05) is 25.5 Å². The number of anilines is 1. The minimum Gasteiger partial charge on any atom is -0.493 e. The zero-order chi connectivity index (χ0) is 21.3. The summed E-state index contributed by atoms with van der Waals surface area (Å²) in [4.78, 5) is 45.0. The molecule has 3 aromatic rings. The zero-order valence-corrected chi connectivity index (χ0v) is 17.1. The van der Waals surface area contributed by atoms with Crippen LogP contribution in [0.3, 0.4) is 0 Å². The highest BCUT2D eigenvalue weighted by Crippen LogP contribution is 2.27. The summed E-state index contributed by atoms with van der Waals surface area (Å²) in [6.07, 6.45) is 4.02. The van der Waals surface area contributed by atoms with Gasteiger partial charge in [0.1, 0.15) is 17.7 Å². The molecule has 2 aromatic heterocycles. The lowest BCUT2D eigenvalue weighted by molar-refractivity contribution is -0.119. The van der Waals surface area contributed by atoms with E-state index in [0.717, 1.165) is 35.1 Å². The average Bonchev–Trinajstić information content (AvgIpc) is 2.78. The molecule has 0 radical (unpaired) electrons. The summed E-state index contributed by atoms with van der Waals surface area (Å²) in [6.45, 7) is 2.63. The first-order valence-corrected chi connectivity index (χ1v) is 10.1. The standard InChI is InChI=1S/C22H24N4O4/c1-3-13-30-17-10-11-23-20-19(17)21(28)26(22(29)24(20)2)14-18(27)25-12-6-8-15-7-4-5-9-16(15)25/h4-5,7,9-11H,3,6,8,12-14H2,1-2H3. The van der Waals surface area contributed by atoms with Crippen LogP contribution in [0.25, 0.3) is 11.0 Å². The number of benzene rings is 1. The third kappa shape index (κ3) is 3.38. The van der Waals surface area contributed by atoms with Gasteiger partial charge in [0.2, 0.25) is 5.91 Å². The zero-order valence-electron chi connectivity index (χ0n) is 17.1. The molecular weight excluding hydrogens is 384 g/mol. The number of para-hydroxylation sites is 1. The molecule has 30 heavy (non-hydrogen) atoms. The second kappa shape index (κ2) is 8.14. The van der Waals surface area contributed by atoms with Crippen molar-refractivity contribution in [2.24, 2.45) is 7.05 Å². The van der Waals surface area contributed by atoms with Crippen molar-refractivity contribution in [2.45, 2.75) is 32.7 Å². The smallest absolute Gasteiger partial charge is 0.332 e. The Kier molecular flexibility index (Phi) is 5.39. The molecule has 1 aliphatic heterocycles. The van der Waals surface area contributed by atoms with E-state index in [9.17, 15) is 14.4 Å². The minimum atomic E-state index is -0.578. The highest BCUT2D eigenvalue weighted by Gasteiger charge is 2.24. The molecule has 1 amide bonds. The Balaban J connectivity index is 1.77. The lowest BCUT2D eigenvalue weighted by Crippen LogP contribution is -2.45. The lowest BCUT2D eigenvalue weighted by atomic mass is 10.0. The quantitative estimate of drug-likeness (QED) is 0.643. The predicted octanol–water partition coefficient (Wildman–Crippen LogP) is 1.86. The van der Waals surface area contributed by atoms with E-state index in [1.165, 1.54) is 17.8 Å². The average molecular weight is 408 g/mol. The number of rotatable bonds is 5. The first-order valence-electron chi connectivity index (χ1n) is 10.1. The van der Waals surface area contributed by atoms with Gasteiger partial charge < -0.3 is 9.64 Å². The van der Waals surface area contributed by atoms with Crippen molar-refractivity contribution >= 4 is 22.6 Å². The van der Waals surface area contributed by atoms with Crippen LogP contribution in [0.1, 0.15) is 25.3 Å². The summed E-state index contributed by atoms with van der Waals surface area (Å²) in [5.74, 6) is 0.0765. The molecule has 1 aliphatic rings. The van der Waals surface area contributed by atoms with E-state index < -0.39 is 11.2 Å². The number of hydrogen-bond donors (Lipinski definition) is 0. The molecule has 8 nitrogen and oxygen atoms in total. The van der Waals surface area contributed by atoms with Crippen LogP contribution in [0.15, 0.2) is 46.1 Å². The second-order valence-corrected chi connectivity index (χ2v) is 7.37. The fourth-order valence-corrected chi connectivity index (χ4v) is 3.87. The molecule has 1 aromatic carbocycles. The van der Waals surface area contributed by atoms with Crippen molar-refractivity contribution in [1.29, 1.82) is 0 Å². The SMILES string of the molecule is CCCOc1ccnc2c1c(=O)n(CC(=O)N1CCCc3ccccc31)c(=O)n2C. The summed E-state index contributed by atoms with van der Waals surface area (Å²) in [5, 5.41) is 0.208. The van der Waals surface area contributed by atoms with Crippen LogP contribution in [-0.2, 0) is 24.8 Å². The van der Waals surface area contributed by atoms with Crippen molar-refractivity contribution in [3.05, 3.63) is 62.9 Å². The van der Waals surface area contributed by atoms with E-state index in [1.54, 1.807) is 11.0 Å². The molecule has 156 valence electrons. The lowest BCUT2D eigenvalue weighted by Gasteiger charge is -2.29. The Bertz CT molecular complexity index is 1230. The second-order valence-electron chi connectivity index (χ2n) is 7.37. The van der Waals surface area contributed by atoms with E-state index in [-0.39, 0.29) is 23.5 Å². The fourth-order valence-electron chi connectivity index (χ4n) is 3.87. The summed E-state index contributed by atoms with van der Waals surface area (Å²) in [6, 6.07) is 9.33. The number of nitrogens with zero attached hydrogens (tertiary/aromatic N) is 4. The van der Waals surface area contributed by atoms with Gasteiger partial charge in [0.25, 0.3) is 5.56 Å². The van der Waals surface area contributed by atoms with E-state index in [1.807, 2.05) is 31.2 Å². The van der Waals surface area contributed by atoms with Crippen molar-refractivity contribution in [1.82, 2.24) is 14.1 Å². The molecule has 0 saturated heterocycles. The predicted molar refractivity (Wildman–Crippen MR) is 114 cm³/mol. The largest absolute Gasteiger partial charge is 0.493 e. The van der Waals surface area contributed by atoms with Crippen LogP contribution in [0, 0.1) is 0 Å². The molecule has 0 N–H and O–H groups in total. The molecule has 0 saturated carbocycles. The maximum Gasteiger partial charge on any atom is 0.332 e. The van der Waals surface area contributed by atoms with Gasteiger partial charge in [0.05, 0.1) is 6.61 Å². The Hall–Kier alpha value is -3.42. The maximum absolute atomic E-state index is 13.2. The molecule has 0 bridgehead atoms. The number of hydrogen-bond acceptors (Lipinski definition) is 5. The first-order chi connectivity index (χ1) is 14.5. The Morgan fingerprint density at radius 3 is 2.80 bits per heavy atom. The van der Waals surface area contributed by atoms with Crippen LogP contribution in [-0.4, -0.2) is 33.2 Å². The van der Waals surface area contributed by atoms with Crippen molar-refractivity contribution < 1.29 is 9.53 Å². The van der Waals surface area contributed by atoms with Gasteiger partial charge in [-0.2, -0.15) is 0 Å². The van der Waals surface area contributed by atoms with Crippen LogP contribution in [0.2, 0.25) is 0 Å². The number of pyridine rings is 1. The highest BCUT2D eigenvalue weighted by atomic mass is 16.5. The molecule has 4 rings (SSSR count). The summed E-state index contributed by atoms with van der Waals surface area (Å²) < 4.78 is 7.96. The van der Waals surface area contributed by atoms with Gasteiger partial charge in [-0.3, -0.25) is 14.2 Å². The molecule has 0 atom stereocenters. The van der Waals surface area contributed by atoms with Crippen LogP contribution >= 0.6 is 0 Å². The highest BCUT2D eigenvalue weighted by molar-refractivity contribution is 5.94. The Labute approximate surface area is 173 Å². The molecule has 0 aliphatic carbocycles. The van der Waals surface area contributed by atoms with E-state index in [2.05, 4.69) is 4.98 Å². The number of fused-ring (bicyclic) bond motifs is 2. The monoisotopic (exact) mass is 408 g/mol. The van der Waals surface area contributed by atoms with Gasteiger partial charge in [-0.1, -0.05) is 25.1 Å². The van der Waals surface area contributed by atoms with E-state index in [0.29, 0.717) is 18.9 Å². The Morgan fingerprint density at radius 1 is 1.20 bits per heavy atom. The van der Waals surface area contributed by atoms with Crippen LogP contribution in [0.5, 0.6) is 5.75 Å². The maximum atomic E-state index is 13.2. The van der Waals surface area contributed by atoms with Gasteiger partial charge in [-0.15, -0.1) is 0 Å². The van der Waals surface area contributed by atoms with Gasteiger partial charge in [0.15, 0.2) is 5.65 Å². The van der Waals surface area contributed by atoms with Gasteiger partial charge >= 0.3 is 5.69 Å². The minimum absolute atomic E-state index is 0.208. The first kappa shape index (κ1) is 19.9. The molecular formula is C22H24N4O4. The third-order valence-corrected chi connectivity index (χ3v) is 5.35. The van der Waals surface area contributed by atoms with Gasteiger partial charge in [-0.05, 0) is 37.0 Å². The summed E-state index contributed by atoms with van der Waals surface area (Å²) in [7, 11) is 1.54. The number of carbonyl (C=O) groups excluding carboxylic acids is 1. The van der Waals surface area contributed by atoms with Crippen molar-refractivity contribution in [3.8, 4) is 5.75 Å². The summed E-state index contributed by atoms with van der Waals surface area (Å²) >= 11 is 0. The topological polar surface area (TPSA) is 86.4 Å².